The minimum Gasteiger partial charge on any atom is -0.362 e. The fraction of sp³-hybridized carbons (Fsp3) is 0.522. The van der Waals surface area contributed by atoms with Crippen molar-refractivity contribution in [3.05, 3.63) is 51.0 Å². The Morgan fingerprint density at radius 2 is 1.82 bits per heavy atom. The highest BCUT2D eigenvalue weighted by atomic mass is 19.1. The van der Waals surface area contributed by atoms with Gasteiger partial charge in [-0.1, -0.05) is 0 Å². The monoisotopic (exact) mass is 456 g/mol. The molecule has 176 valence electrons. The van der Waals surface area contributed by atoms with Crippen LogP contribution in [0.25, 0.3) is 0 Å². The molecule has 0 spiro atoms. The van der Waals surface area contributed by atoms with Gasteiger partial charge in [0.25, 0.3) is 11.6 Å². The normalized spacial score (nSPS) is 20.0. The Morgan fingerprint density at radius 1 is 1.12 bits per heavy atom. The molecule has 0 radical (unpaired) electrons. The molecule has 1 heterocycles. The number of carbonyl (C=O) groups excluding carboxylic acids is 1. The zero-order valence-electron chi connectivity index (χ0n) is 18.9. The zero-order chi connectivity index (χ0) is 23.5. The van der Waals surface area contributed by atoms with Crippen LogP contribution in [0, 0.1) is 15.9 Å². The third kappa shape index (κ3) is 5.20. The molecule has 2 N–H and O–H groups in total. The number of nitrogens with one attached hydrogen (secondary N) is 2. The summed E-state index contributed by atoms with van der Waals surface area (Å²) in [6, 6.07) is 3.19. The molecule has 1 aromatic heterocycles. The summed E-state index contributed by atoms with van der Waals surface area (Å²) in [5.41, 5.74) is 1.83. The SMILES string of the molecule is CN(C)c1nc(NC2CCC(NC(=O)c3ccc([N+](=O)[O-])cc3F)CC2)nc2c1CCCC2. The average molecular weight is 457 g/mol. The first-order valence-corrected chi connectivity index (χ1v) is 11.4. The Bertz CT molecular complexity index is 1050. The van der Waals surface area contributed by atoms with Crippen molar-refractivity contribution in [1.82, 2.24) is 15.3 Å². The van der Waals surface area contributed by atoms with Crippen molar-refractivity contribution in [2.75, 3.05) is 24.3 Å². The highest BCUT2D eigenvalue weighted by molar-refractivity contribution is 5.94. The van der Waals surface area contributed by atoms with Gasteiger partial charge in [-0.15, -0.1) is 0 Å². The number of nitro benzene ring substituents is 1. The summed E-state index contributed by atoms with van der Waals surface area (Å²) >= 11 is 0. The van der Waals surface area contributed by atoms with E-state index in [1.807, 2.05) is 19.0 Å². The van der Waals surface area contributed by atoms with E-state index >= 15 is 0 Å². The number of halogens is 1. The predicted molar refractivity (Wildman–Crippen MR) is 123 cm³/mol. The maximum absolute atomic E-state index is 14.1. The first-order chi connectivity index (χ1) is 15.8. The minimum atomic E-state index is -0.890. The van der Waals surface area contributed by atoms with E-state index in [0.717, 1.165) is 74.7 Å². The van der Waals surface area contributed by atoms with E-state index in [1.54, 1.807) is 0 Å². The smallest absolute Gasteiger partial charge is 0.272 e. The van der Waals surface area contributed by atoms with E-state index in [4.69, 9.17) is 9.97 Å². The summed E-state index contributed by atoms with van der Waals surface area (Å²) in [7, 11) is 4.01. The third-order valence-electron chi connectivity index (χ3n) is 6.39. The number of amides is 1. The number of hydrogen-bond acceptors (Lipinski definition) is 7. The van der Waals surface area contributed by atoms with Gasteiger partial charge in [0.1, 0.15) is 11.6 Å². The second-order valence-corrected chi connectivity index (χ2v) is 8.99. The van der Waals surface area contributed by atoms with E-state index in [9.17, 15) is 19.3 Å². The molecule has 4 rings (SSSR count). The van der Waals surface area contributed by atoms with Gasteiger partial charge in [0, 0.05) is 37.8 Å². The van der Waals surface area contributed by atoms with Crippen LogP contribution in [0.1, 0.15) is 60.1 Å². The Morgan fingerprint density at radius 3 is 2.48 bits per heavy atom. The molecule has 9 nitrogen and oxygen atoms in total. The molecule has 0 bridgehead atoms. The number of benzene rings is 1. The van der Waals surface area contributed by atoms with Gasteiger partial charge >= 0.3 is 0 Å². The summed E-state index contributed by atoms with van der Waals surface area (Å²) in [4.78, 5) is 34.1. The van der Waals surface area contributed by atoms with Gasteiger partial charge in [0.05, 0.1) is 22.2 Å². The van der Waals surface area contributed by atoms with Gasteiger partial charge in [0.15, 0.2) is 0 Å². The van der Waals surface area contributed by atoms with Crippen molar-refractivity contribution < 1.29 is 14.1 Å². The molecule has 0 aliphatic heterocycles. The van der Waals surface area contributed by atoms with Gasteiger partial charge in [-0.2, -0.15) is 4.98 Å². The summed E-state index contributed by atoms with van der Waals surface area (Å²) in [6.45, 7) is 0. The topological polar surface area (TPSA) is 113 Å². The molecule has 0 saturated heterocycles. The van der Waals surface area contributed by atoms with E-state index in [1.165, 1.54) is 12.0 Å². The van der Waals surface area contributed by atoms with Crippen LogP contribution in [-0.2, 0) is 12.8 Å². The van der Waals surface area contributed by atoms with Crippen molar-refractivity contribution in [2.45, 2.75) is 63.5 Å². The molecule has 1 saturated carbocycles. The second-order valence-electron chi connectivity index (χ2n) is 8.99. The van der Waals surface area contributed by atoms with Crippen molar-refractivity contribution in [1.29, 1.82) is 0 Å². The first kappa shape index (κ1) is 22.9. The number of anilines is 2. The number of aryl methyl sites for hydroxylation is 1. The van der Waals surface area contributed by atoms with Gasteiger partial charge in [-0.25, -0.2) is 9.37 Å². The number of fused-ring (bicyclic) bond motifs is 1. The molecule has 2 aliphatic carbocycles. The highest BCUT2D eigenvalue weighted by Crippen LogP contribution is 2.29. The maximum Gasteiger partial charge on any atom is 0.272 e. The molecule has 1 fully saturated rings. The minimum absolute atomic E-state index is 0.0769. The summed E-state index contributed by atoms with van der Waals surface area (Å²) in [5.74, 6) is 0.193. The van der Waals surface area contributed by atoms with Crippen molar-refractivity contribution in [3.63, 3.8) is 0 Å². The Balaban J connectivity index is 1.34. The fourth-order valence-electron chi connectivity index (χ4n) is 4.64. The van der Waals surface area contributed by atoms with Crippen LogP contribution in [-0.4, -0.2) is 47.0 Å². The summed E-state index contributed by atoms with van der Waals surface area (Å²) in [6.07, 6.45) is 7.44. The Hall–Kier alpha value is -3.30. The van der Waals surface area contributed by atoms with Gasteiger partial charge in [-0.05, 0) is 57.4 Å². The van der Waals surface area contributed by atoms with Gasteiger partial charge in [-0.3, -0.25) is 14.9 Å². The van der Waals surface area contributed by atoms with Crippen LogP contribution < -0.4 is 15.5 Å². The summed E-state index contributed by atoms with van der Waals surface area (Å²) in [5, 5.41) is 17.1. The van der Waals surface area contributed by atoms with Crippen LogP contribution in [0.3, 0.4) is 0 Å². The molecular formula is C23H29FN6O3. The van der Waals surface area contributed by atoms with Crippen molar-refractivity contribution >= 4 is 23.4 Å². The molecule has 2 aromatic rings. The number of rotatable bonds is 6. The molecule has 0 atom stereocenters. The fourth-order valence-corrected chi connectivity index (χ4v) is 4.64. The third-order valence-corrected chi connectivity index (χ3v) is 6.39. The number of nitro groups is 1. The van der Waals surface area contributed by atoms with Gasteiger partial charge < -0.3 is 15.5 Å². The van der Waals surface area contributed by atoms with Crippen LogP contribution in [0.5, 0.6) is 0 Å². The number of carbonyl (C=O) groups is 1. The molecule has 2 aliphatic rings. The van der Waals surface area contributed by atoms with E-state index in [-0.39, 0.29) is 23.3 Å². The van der Waals surface area contributed by atoms with Crippen molar-refractivity contribution in [2.24, 2.45) is 0 Å². The van der Waals surface area contributed by atoms with Crippen LogP contribution in [0.4, 0.5) is 21.8 Å². The lowest BCUT2D eigenvalue weighted by atomic mass is 9.91. The summed E-state index contributed by atoms with van der Waals surface area (Å²) < 4.78 is 14.1. The lowest BCUT2D eigenvalue weighted by molar-refractivity contribution is -0.385. The van der Waals surface area contributed by atoms with Gasteiger partial charge in [0.2, 0.25) is 5.95 Å². The van der Waals surface area contributed by atoms with Crippen LogP contribution in [0.2, 0.25) is 0 Å². The average Bonchev–Trinajstić information content (AvgIpc) is 2.79. The second kappa shape index (κ2) is 9.68. The van der Waals surface area contributed by atoms with E-state index in [2.05, 4.69) is 10.6 Å². The molecule has 1 aromatic carbocycles. The lowest BCUT2D eigenvalue weighted by Crippen LogP contribution is -2.40. The number of hydrogen-bond donors (Lipinski definition) is 2. The van der Waals surface area contributed by atoms with Crippen LogP contribution >= 0.6 is 0 Å². The molecule has 0 unspecified atom stereocenters. The Labute approximate surface area is 191 Å². The van der Waals surface area contributed by atoms with E-state index in [0.29, 0.717) is 5.95 Å². The Kier molecular flexibility index (Phi) is 6.71. The lowest BCUT2D eigenvalue weighted by Gasteiger charge is -2.30. The number of nitrogens with zero attached hydrogens (tertiary/aromatic N) is 4. The highest BCUT2D eigenvalue weighted by Gasteiger charge is 2.26. The largest absolute Gasteiger partial charge is 0.362 e. The number of non-ortho nitro benzene ring substituents is 1. The molecule has 10 heteroatoms. The zero-order valence-corrected chi connectivity index (χ0v) is 18.9. The maximum atomic E-state index is 14.1. The molecular weight excluding hydrogens is 427 g/mol. The quantitative estimate of drug-likeness (QED) is 0.504. The van der Waals surface area contributed by atoms with Crippen LogP contribution in [0.15, 0.2) is 18.2 Å². The number of aromatic nitrogens is 2. The standard InChI is InChI=1S/C23H29FN6O3/c1-29(2)21-18-5-3-4-6-20(18)27-23(28-21)26-15-9-7-14(8-10-15)25-22(31)17-12-11-16(30(32)33)13-19(17)24/h11-15H,3-10H2,1-2H3,(H,25,31)(H,26,27,28). The predicted octanol–water partition coefficient (Wildman–Crippen LogP) is 3.62. The first-order valence-electron chi connectivity index (χ1n) is 11.4. The molecule has 33 heavy (non-hydrogen) atoms. The van der Waals surface area contributed by atoms with Crippen molar-refractivity contribution in [3.8, 4) is 0 Å². The molecule has 1 amide bonds. The van der Waals surface area contributed by atoms with E-state index < -0.39 is 16.6 Å².